The number of benzene rings is 1. The average Bonchev–Trinajstić information content (AvgIpc) is 3.07. The van der Waals surface area contributed by atoms with E-state index in [2.05, 4.69) is 51.1 Å². The summed E-state index contributed by atoms with van der Waals surface area (Å²) in [5.74, 6) is 8.84. The summed E-state index contributed by atoms with van der Waals surface area (Å²) in [7, 11) is -3.00. The fourth-order valence-electron chi connectivity index (χ4n) is 6.42. The van der Waals surface area contributed by atoms with E-state index in [9.17, 15) is 13.2 Å². The third-order valence-electron chi connectivity index (χ3n) is 8.89. The zero-order chi connectivity index (χ0) is 29.6. The third kappa shape index (κ3) is 5.79. The number of carbonyl (C=O) groups is 1. The van der Waals surface area contributed by atoms with Crippen molar-refractivity contribution in [2.75, 3.05) is 61.0 Å². The number of sulfone groups is 1. The SMILES string of the molecule is Cc1cc(C2CCN(C3CN(C(=O)C#CC(C)C)C3)CC2)cc2c1O[C@H](C)c1c(ncnc1N1CCS(=O)(=O)CC1)N2. The standard InChI is InChI=1S/C31H40N6O4S/c1-20(2)5-6-27(38)37-17-25(18-37)35-9-7-23(8-10-35)24-15-21(3)29-26(16-24)34-30-28(22(4)41-29)31(33-19-32-30)36-11-13-42(39,40)14-12-36/h15-16,19-20,22-23,25H,7-14,17-18H2,1-4H3,(H,32,33,34)/t22-/m1/s1. The molecule has 0 saturated carbocycles. The summed E-state index contributed by atoms with van der Waals surface area (Å²) in [6.45, 7) is 12.5. The quantitative estimate of drug-likeness (QED) is 0.538. The zero-order valence-electron chi connectivity index (χ0n) is 24.9. The Labute approximate surface area is 248 Å². The summed E-state index contributed by atoms with van der Waals surface area (Å²) in [4.78, 5) is 27.8. The molecule has 2 aromatic rings. The molecule has 4 aliphatic heterocycles. The molecule has 42 heavy (non-hydrogen) atoms. The van der Waals surface area contributed by atoms with Crippen molar-refractivity contribution in [3.8, 4) is 17.6 Å². The first-order chi connectivity index (χ1) is 20.1. The normalized spacial score (nSPS) is 22.5. The van der Waals surface area contributed by atoms with Crippen LogP contribution in [0.4, 0.5) is 17.3 Å². The van der Waals surface area contributed by atoms with Gasteiger partial charge in [-0.05, 0) is 68.8 Å². The van der Waals surface area contributed by atoms with E-state index in [0.29, 0.717) is 30.9 Å². The second kappa shape index (κ2) is 11.4. The Morgan fingerprint density at radius 1 is 1.10 bits per heavy atom. The number of hydrogen-bond acceptors (Lipinski definition) is 9. The molecule has 11 heteroatoms. The van der Waals surface area contributed by atoms with Crippen LogP contribution in [-0.4, -0.2) is 90.9 Å². The van der Waals surface area contributed by atoms with Crippen LogP contribution < -0.4 is 15.0 Å². The number of nitrogens with zero attached hydrogens (tertiary/aromatic N) is 5. The van der Waals surface area contributed by atoms with Gasteiger partial charge in [0.05, 0.1) is 22.8 Å². The minimum atomic E-state index is -3.00. The summed E-state index contributed by atoms with van der Waals surface area (Å²) in [5, 5.41) is 3.55. The topological polar surface area (TPSA) is 108 Å². The predicted octanol–water partition coefficient (Wildman–Crippen LogP) is 3.27. The van der Waals surface area contributed by atoms with Crippen molar-refractivity contribution in [1.29, 1.82) is 0 Å². The van der Waals surface area contributed by atoms with Crippen molar-refractivity contribution in [3.05, 3.63) is 35.2 Å². The first-order valence-electron chi connectivity index (χ1n) is 15.0. The Bertz CT molecular complexity index is 1520. The van der Waals surface area contributed by atoms with Crippen LogP contribution in [0.15, 0.2) is 18.5 Å². The molecule has 1 aromatic carbocycles. The smallest absolute Gasteiger partial charge is 0.298 e. The predicted molar refractivity (Wildman–Crippen MR) is 163 cm³/mol. The van der Waals surface area contributed by atoms with E-state index in [4.69, 9.17) is 4.74 Å². The largest absolute Gasteiger partial charge is 0.483 e. The molecule has 0 unspecified atom stereocenters. The Balaban J connectivity index is 1.14. The highest BCUT2D eigenvalue weighted by molar-refractivity contribution is 7.91. The number of anilines is 3. The Kier molecular flexibility index (Phi) is 7.79. The molecule has 4 aliphatic rings. The van der Waals surface area contributed by atoms with Crippen LogP contribution in [0.25, 0.3) is 0 Å². The van der Waals surface area contributed by atoms with Gasteiger partial charge in [-0.15, -0.1) is 0 Å². The number of hydrogen-bond donors (Lipinski definition) is 1. The monoisotopic (exact) mass is 592 g/mol. The van der Waals surface area contributed by atoms with E-state index in [1.807, 2.05) is 30.6 Å². The fourth-order valence-corrected chi connectivity index (χ4v) is 7.62. The van der Waals surface area contributed by atoms with Crippen LogP contribution in [0.3, 0.4) is 0 Å². The Morgan fingerprint density at radius 3 is 2.50 bits per heavy atom. The maximum Gasteiger partial charge on any atom is 0.298 e. The molecule has 3 fully saturated rings. The molecule has 0 aliphatic carbocycles. The van der Waals surface area contributed by atoms with Crippen LogP contribution in [0.5, 0.6) is 5.75 Å². The minimum Gasteiger partial charge on any atom is -0.483 e. The van der Waals surface area contributed by atoms with Crippen molar-refractivity contribution in [2.45, 2.75) is 58.6 Å². The molecule has 3 saturated heterocycles. The number of aryl methyl sites for hydroxylation is 1. The lowest BCUT2D eigenvalue weighted by molar-refractivity contribution is -0.132. The van der Waals surface area contributed by atoms with Crippen LogP contribution >= 0.6 is 0 Å². The van der Waals surface area contributed by atoms with Gasteiger partial charge in [0, 0.05) is 38.1 Å². The molecule has 6 rings (SSSR count). The van der Waals surface area contributed by atoms with Gasteiger partial charge >= 0.3 is 0 Å². The molecular weight excluding hydrogens is 552 g/mol. The van der Waals surface area contributed by atoms with Gasteiger partial charge in [0.15, 0.2) is 9.84 Å². The average molecular weight is 593 g/mol. The maximum absolute atomic E-state index is 12.3. The second-order valence-electron chi connectivity index (χ2n) is 12.3. The summed E-state index contributed by atoms with van der Waals surface area (Å²) in [6, 6.07) is 4.88. The van der Waals surface area contributed by atoms with Gasteiger partial charge < -0.3 is 19.9 Å². The van der Waals surface area contributed by atoms with Gasteiger partial charge in [-0.1, -0.05) is 25.8 Å². The maximum atomic E-state index is 12.3. The molecule has 224 valence electrons. The van der Waals surface area contributed by atoms with Gasteiger partial charge in [0.25, 0.3) is 5.91 Å². The molecule has 1 atom stereocenters. The number of carbonyl (C=O) groups excluding carboxylic acids is 1. The molecule has 1 aromatic heterocycles. The lowest BCUT2D eigenvalue weighted by Gasteiger charge is -2.47. The van der Waals surface area contributed by atoms with E-state index >= 15 is 0 Å². The second-order valence-corrected chi connectivity index (χ2v) is 14.6. The number of fused-ring (bicyclic) bond motifs is 2. The molecule has 1 N–H and O–H groups in total. The summed E-state index contributed by atoms with van der Waals surface area (Å²) in [5.41, 5.74) is 4.12. The Hall–Kier alpha value is -3.36. The van der Waals surface area contributed by atoms with E-state index in [1.165, 1.54) is 5.56 Å². The molecule has 5 heterocycles. The zero-order valence-corrected chi connectivity index (χ0v) is 25.7. The summed E-state index contributed by atoms with van der Waals surface area (Å²) >= 11 is 0. The number of aromatic nitrogens is 2. The number of nitrogens with one attached hydrogen (secondary N) is 1. The van der Waals surface area contributed by atoms with Crippen LogP contribution in [-0.2, 0) is 14.6 Å². The lowest BCUT2D eigenvalue weighted by atomic mass is 9.87. The van der Waals surface area contributed by atoms with Crippen molar-refractivity contribution in [3.63, 3.8) is 0 Å². The Morgan fingerprint density at radius 2 is 1.81 bits per heavy atom. The summed E-state index contributed by atoms with van der Waals surface area (Å²) < 4.78 is 30.5. The van der Waals surface area contributed by atoms with Gasteiger partial charge in [-0.25, -0.2) is 18.4 Å². The fraction of sp³-hybridized carbons (Fsp3) is 0.581. The number of rotatable bonds is 3. The highest BCUT2D eigenvalue weighted by atomic mass is 32.2. The van der Waals surface area contributed by atoms with Crippen molar-refractivity contribution < 1.29 is 17.9 Å². The van der Waals surface area contributed by atoms with Gasteiger partial charge in [-0.3, -0.25) is 9.69 Å². The molecule has 0 spiro atoms. The number of piperidine rings is 1. The summed E-state index contributed by atoms with van der Waals surface area (Å²) in [6.07, 6.45) is 3.36. The van der Waals surface area contributed by atoms with Crippen molar-refractivity contribution >= 4 is 33.1 Å². The van der Waals surface area contributed by atoms with Crippen LogP contribution in [0, 0.1) is 24.7 Å². The van der Waals surface area contributed by atoms with Crippen LogP contribution in [0.2, 0.25) is 0 Å². The first kappa shape index (κ1) is 28.7. The van der Waals surface area contributed by atoms with E-state index in [-0.39, 0.29) is 29.4 Å². The molecular formula is C31H40N6O4S. The van der Waals surface area contributed by atoms with Gasteiger partial charge in [0.1, 0.15) is 29.8 Å². The van der Waals surface area contributed by atoms with E-state index < -0.39 is 9.84 Å². The molecule has 0 radical (unpaired) electrons. The highest BCUT2D eigenvalue weighted by Gasteiger charge is 2.37. The van der Waals surface area contributed by atoms with E-state index in [0.717, 1.165) is 67.4 Å². The van der Waals surface area contributed by atoms with E-state index in [1.54, 1.807) is 6.33 Å². The van der Waals surface area contributed by atoms with Gasteiger partial charge in [0.2, 0.25) is 0 Å². The van der Waals surface area contributed by atoms with Crippen molar-refractivity contribution in [2.24, 2.45) is 5.92 Å². The molecule has 0 bridgehead atoms. The number of ether oxygens (including phenoxy) is 1. The van der Waals surface area contributed by atoms with Crippen molar-refractivity contribution in [1.82, 2.24) is 19.8 Å². The number of amides is 1. The highest BCUT2D eigenvalue weighted by Crippen LogP contribution is 2.45. The minimum absolute atomic E-state index is 0.0536. The third-order valence-corrected chi connectivity index (χ3v) is 10.5. The van der Waals surface area contributed by atoms with Gasteiger partial charge in [-0.2, -0.15) is 0 Å². The molecule has 10 nitrogen and oxygen atoms in total. The first-order valence-corrected chi connectivity index (χ1v) is 16.8. The lowest BCUT2D eigenvalue weighted by Crippen LogP contribution is -2.61. The number of likely N-dealkylation sites (tertiary alicyclic amines) is 2. The molecule has 1 amide bonds. The van der Waals surface area contributed by atoms with Crippen LogP contribution in [0.1, 0.15) is 62.3 Å².